The average Bonchev–Trinajstić information content (AvgIpc) is 2.41. The summed E-state index contributed by atoms with van der Waals surface area (Å²) in [4.78, 5) is 19.9. The lowest BCUT2D eigenvalue weighted by molar-refractivity contribution is -0.116. The molecule has 92 valence electrons. The molecule has 0 saturated heterocycles. The van der Waals surface area contributed by atoms with E-state index in [9.17, 15) is 4.79 Å². The lowest BCUT2D eigenvalue weighted by atomic mass is 10.2. The van der Waals surface area contributed by atoms with Gasteiger partial charge >= 0.3 is 0 Å². The smallest absolute Gasteiger partial charge is 0.224 e. The summed E-state index contributed by atoms with van der Waals surface area (Å²) in [5.74, 6) is 0.651. The summed E-state index contributed by atoms with van der Waals surface area (Å²) >= 11 is 0. The van der Waals surface area contributed by atoms with E-state index in [0.29, 0.717) is 17.9 Å². The lowest BCUT2D eigenvalue weighted by Crippen LogP contribution is -2.11. The molecule has 2 aromatic rings. The molecule has 4 heteroatoms. The fourth-order valence-electron chi connectivity index (χ4n) is 1.58. The third-order valence-electron chi connectivity index (χ3n) is 2.44. The highest BCUT2D eigenvalue weighted by Gasteiger charge is 2.03. The Kier molecular flexibility index (Phi) is 4.02. The predicted octanol–water partition coefficient (Wildman–Crippen LogP) is 2.88. The van der Waals surface area contributed by atoms with Crippen molar-refractivity contribution in [2.75, 3.05) is 5.32 Å². The second-order valence-corrected chi connectivity index (χ2v) is 3.96. The molecule has 0 radical (unpaired) electrons. The van der Waals surface area contributed by atoms with E-state index in [-0.39, 0.29) is 5.91 Å². The van der Waals surface area contributed by atoms with E-state index in [1.807, 2.05) is 37.3 Å². The van der Waals surface area contributed by atoms with Crippen molar-refractivity contribution >= 4 is 11.6 Å². The summed E-state index contributed by atoms with van der Waals surface area (Å²) in [6.07, 6.45) is 4.60. The van der Waals surface area contributed by atoms with Crippen LogP contribution in [0.4, 0.5) is 5.69 Å². The molecule has 4 nitrogen and oxygen atoms in total. The van der Waals surface area contributed by atoms with Gasteiger partial charge in [-0.25, -0.2) is 9.97 Å². The topological polar surface area (TPSA) is 54.9 Å². The van der Waals surface area contributed by atoms with Gasteiger partial charge in [-0.05, 0) is 6.42 Å². The van der Waals surface area contributed by atoms with Crippen molar-refractivity contribution in [1.29, 1.82) is 0 Å². The van der Waals surface area contributed by atoms with Crippen molar-refractivity contribution in [3.05, 3.63) is 42.7 Å². The van der Waals surface area contributed by atoms with Gasteiger partial charge in [-0.1, -0.05) is 37.3 Å². The molecule has 18 heavy (non-hydrogen) atoms. The van der Waals surface area contributed by atoms with Gasteiger partial charge in [-0.3, -0.25) is 4.79 Å². The van der Waals surface area contributed by atoms with Crippen molar-refractivity contribution < 1.29 is 4.79 Å². The molecule has 0 bridgehead atoms. The van der Waals surface area contributed by atoms with Crippen LogP contribution < -0.4 is 5.32 Å². The zero-order valence-corrected chi connectivity index (χ0v) is 10.3. The van der Waals surface area contributed by atoms with Gasteiger partial charge in [0.2, 0.25) is 5.91 Å². The number of nitrogens with zero attached hydrogens (tertiary/aromatic N) is 2. The molecular weight excluding hydrogens is 226 g/mol. The molecule has 0 aliphatic rings. The Morgan fingerprint density at radius 2 is 1.83 bits per heavy atom. The highest BCUT2D eigenvalue weighted by molar-refractivity contribution is 5.90. The molecule has 0 atom stereocenters. The van der Waals surface area contributed by atoms with E-state index in [0.717, 1.165) is 12.0 Å². The van der Waals surface area contributed by atoms with Crippen LogP contribution in [-0.2, 0) is 4.79 Å². The molecule has 0 aliphatic heterocycles. The first kappa shape index (κ1) is 12.2. The van der Waals surface area contributed by atoms with Gasteiger partial charge in [0.15, 0.2) is 5.82 Å². The molecule has 1 aromatic carbocycles. The van der Waals surface area contributed by atoms with E-state index < -0.39 is 0 Å². The van der Waals surface area contributed by atoms with Crippen molar-refractivity contribution in [3.8, 4) is 11.4 Å². The van der Waals surface area contributed by atoms with Crippen LogP contribution in [0, 0.1) is 0 Å². The molecular formula is C14H15N3O. The van der Waals surface area contributed by atoms with Crippen LogP contribution in [0.15, 0.2) is 42.7 Å². The number of aromatic nitrogens is 2. The Labute approximate surface area is 106 Å². The molecule has 1 N–H and O–H groups in total. The minimum absolute atomic E-state index is 0.00596. The van der Waals surface area contributed by atoms with Crippen LogP contribution >= 0.6 is 0 Å². The minimum atomic E-state index is -0.00596. The van der Waals surface area contributed by atoms with Crippen molar-refractivity contribution in [3.63, 3.8) is 0 Å². The molecule has 0 aliphatic carbocycles. The molecule has 1 aromatic heterocycles. The SMILES string of the molecule is CCCC(=O)Nc1cnc(-c2ccccc2)nc1. The van der Waals surface area contributed by atoms with Gasteiger partial charge in [0, 0.05) is 12.0 Å². The standard InChI is InChI=1S/C14H15N3O/c1-2-6-13(18)17-12-9-15-14(16-10-12)11-7-4-3-5-8-11/h3-5,7-10H,2,6H2,1H3,(H,17,18). The van der Waals surface area contributed by atoms with E-state index in [1.165, 1.54) is 0 Å². The lowest BCUT2D eigenvalue weighted by Gasteiger charge is -2.04. The highest BCUT2D eigenvalue weighted by Crippen LogP contribution is 2.14. The van der Waals surface area contributed by atoms with Gasteiger partial charge in [0.1, 0.15) is 0 Å². The number of amides is 1. The Bertz CT molecular complexity index is 508. The minimum Gasteiger partial charge on any atom is -0.323 e. The van der Waals surface area contributed by atoms with Gasteiger partial charge in [-0.15, -0.1) is 0 Å². The average molecular weight is 241 g/mol. The van der Waals surface area contributed by atoms with E-state index in [2.05, 4.69) is 15.3 Å². The van der Waals surface area contributed by atoms with Crippen LogP contribution in [-0.4, -0.2) is 15.9 Å². The fourth-order valence-corrected chi connectivity index (χ4v) is 1.58. The molecule has 1 heterocycles. The van der Waals surface area contributed by atoms with Gasteiger partial charge in [0.05, 0.1) is 18.1 Å². The fraction of sp³-hybridized carbons (Fsp3) is 0.214. The first-order valence-electron chi connectivity index (χ1n) is 5.97. The number of nitrogens with one attached hydrogen (secondary N) is 1. The third-order valence-corrected chi connectivity index (χ3v) is 2.44. The quantitative estimate of drug-likeness (QED) is 0.895. The normalized spacial score (nSPS) is 10.1. The Hall–Kier alpha value is -2.23. The summed E-state index contributed by atoms with van der Waals surface area (Å²) in [5, 5.41) is 2.76. The van der Waals surface area contributed by atoms with E-state index >= 15 is 0 Å². The maximum atomic E-state index is 11.4. The molecule has 2 rings (SSSR count). The molecule has 0 saturated carbocycles. The molecule has 0 spiro atoms. The number of anilines is 1. The summed E-state index contributed by atoms with van der Waals surface area (Å²) in [5.41, 5.74) is 1.59. The largest absolute Gasteiger partial charge is 0.323 e. The maximum absolute atomic E-state index is 11.4. The number of benzene rings is 1. The number of carbonyl (C=O) groups excluding carboxylic acids is 1. The Morgan fingerprint density at radius 1 is 1.17 bits per heavy atom. The maximum Gasteiger partial charge on any atom is 0.224 e. The zero-order chi connectivity index (χ0) is 12.8. The van der Waals surface area contributed by atoms with Crippen molar-refractivity contribution in [2.45, 2.75) is 19.8 Å². The van der Waals surface area contributed by atoms with Gasteiger partial charge < -0.3 is 5.32 Å². The number of hydrogen-bond acceptors (Lipinski definition) is 3. The van der Waals surface area contributed by atoms with Crippen LogP contribution in [0.25, 0.3) is 11.4 Å². The molecule has 0 unspecified atom stereocenters. The predicted molar refractivity (Wildman–Crippen MR) is 71.0 cm³/mol. The van der Waals surface area contributed by atoms with Crippen LogP contribution in [0.2, 0.25) is 0 Å². The molecule has 1 amide bonds. The van der Waals surface area contributed by atoms with Crippen LogP contribution in [0.5, 0.6) is 0 Å². The van der Waals surface area contributed by atoms with Crippen LogP contribution in [0.1, 0.15) is 19.8 Å². The highest BCUT2D eigenvalue weighted by atomic mass is 16.1. The molecule has 0 fully saturated rings. The van der Waals surface area contributed by atoms with Crippen molar-refractivity contribution in [1.82, 2.24) is 9.97 Å². The summed E-state index contributed by atoms with van der Waals surface area (Å²) in [7, 11) is 0. The summed E-state index contributed by atoms with van der Waals surface area (Å²) < 4.78 is 0. The number of rotatable bonds is 4. The van der Waals surface area contributed by atoms with Crippen molar-refractivity contribution in [2.24, 2.45) is 0 Å². The van der Waals surface area contributed by atoms with Gasteiger partial charge in [0.25, 0.3) is 0 Å². The summed E-state index contributed by atoms with van der Waals surface area (Å²) in [6, 6.07) is 9.73. The monoisotopic (exact) mass is 241 g/mol. The third kappa shape index (κ3) is 3.13. The first-order valence-corrected chi connectivity index (χ1v) is 5.97. The second-order valence-electron chi connectivity index (χ2n) is 3.96. The Morgan fingerprint density at radius 3 is 2.44 bits per heavy atom. The van der Waals surface area contributed by atoms with E-state index in [1.54, 1.807) is 12.4 Å². The van der Waals surface area contributed by atoms with Crippen LogP contribution in [0.3, 0.4) is 0 Å². The van der Waals surface area contributed by atoms with Gasteiger partial charge in [-0.2, -0.15) is 0 Å². The second kappa shape index (κ2) is 5.91. The van der Waals surface area contributed by atoms with E-state index in [4.69, 9.17) is 0 Å². The Balaban J connectivity index is 2.09. The zero-order valence-electron chi connectivity index (χ0n) is 10.3. The first-order chi connectivity index (χ1) is 8.79. The summed E-state index contributed by atoms with van der Waals surface area (Å²) in [6.45, 7) is 1.97. The number of carbonyl (C=O) groups is 1. The number of hydrogen-bond donors (Lipinski definition) is 1.